The molecule has 0 aliphatic rings. The van der Waals surface area contributed by atoms with Crippen LogP contribution in [0.15, 0.2) is 18.2 Å². The number of hydrogen-bond acceptors (Lipinski definition) is 2. The van der Waals surface area contributed by atoms with Crippen molar-refractivity contribution in [1.82, 2.24) is 0 Å². The van der Waals surface area contributed by atoms with Crippen LogP contribution in [-0.4, -0.2) is 13.2 Å². The standard InChI is InChI=1S/C18H31NO/c1-3-4-5-6-7-8-9-14-20-18-11-10-16(2)15-17(18)12-13-19/h10-11,15H,3-9,12-14,19H2,1-2H3. The molecule has 1 rings (SSSR count). The molecular formula is C18H31NO. The van der Waals surface area contributed by atoms with Crippen molar-refractivity contribution < 1.29 is 4.74 Å². The Labute approximate surface area is 124 Å². The largest absolute Gasteiger partial charge is 0.493 e. The Morgan fingerprint density at radius 3 is 2.40 bits per heavy atom. The molecule has 0 fully saturated rings. The lowest BCUT2D eigenvalue weighted by Gasteiger charge is -2.12. The Bertz CT molecular complexity index is 362. The molecule has 1 aromatic carbocycles. The highest BCUT2D eigenvalue weighted by molar-refractivity contribution is 5.37. The molecule has 0 spiro atoms. The summed E-state index contributed by atoms with van der Waals surface area (Å²) in [6.07, 6.45) is 10.1. The minimum absolute atomic E-state index is 0.678. The normalized spacial score (nSPS) is 10.8. The van der Waals surface area contributed by atoms with Crippen LogP contribution in [0.5, 0.6) is 5.75 Å². The van der Waals surface area contributed by atoms with E-state index in [2.05, 4.69) is 32.0 Å². The van der Waals surface area contributed by atoms with Crippen LogP contribution < -0.4 is 10.5 Å². The van der Waals surface area contributed by atoms with Crippen molar-refractivity contribution in [3.8, 4) is 5.75 Å². The highest BCUT2D eigenvalue weighted by Crippen LogP contribution is 2.21. The number of benzene rings is 1. The summed E-state index contributed by atoms with van der Waals surface area (Å²) in [4.78, 5) is 0. The van der Waals surface area contributed by atoms with E-state index in [4.69, 9.17) is 10.5 Å². The summed E-state index contributed by atoms with van der Waals surface area (Å²) in [6.45, 7) is 5.88. The van der Waals surface area contributed by atoms with Crippen molar-refractivity contribution in [2.24, 2.45) is 5.73 Å². The molecule has 20 heavy (non-hydrogen) atoms. The van der Waals surface area contributed by atoms with E-state index in [0.717, 1.165) is 25.2 Å². The zero-order chi connectivity index (χ0) is 14.6. The Morgan fingerprint density at radius 1 is 1.00 bits per heavy atom. The van der Waals surface area contributed by atoms with Gasteiger partial charge >= 0.3 is 0 Å². The monoisotopic (exact) mass is 277 g/mol. The molecule has 2 N–H and O–H groups in total. The lowest BCUT2D eigenvalue weighted by atomic mass is 10.1. The first kappa shape index (κ1) is 17.0. The first-order valence-electron chi connectivity index (χ1n) is 8.20. The second-order valence-corrected chi connectivity index (χ2v) is 5.62. The molecule has 0 saturated heterocycles. The van der Waals surface area contributed by atoms with Gasteiger partial charge in [-0.05, 0) is 37.9 Å². The van der Waals surface area contributed by atoms with E-state index in [9.17, 15) is 0 Å². The molecule has 0 aliphatic carbocycles. The van der Waals surface area contributed by atoms with Gasteiger partial charge in [-0.15, -0.1) is 0 Å². The molecule has 0 radical (unpaired) electrons. The molecule has 2 nitrogen and oxygen atoms in total. The third kappa shape index (κ3) is 6.95. The number of ether oxygens (including phenoxy) is 1. The third-order valence-corrected chi connectivity index (χ3v) is 3.64. The van der Waals surface area contributed by atoms with Gasteiger partial charge in [0.15, 0.2) is 0 Å². The van der Waals surface area contributed by atoms with Crippen molar-refractivity contribution in [1.29, 1.82) is 0 Å². The molecular weight excluding hydrogens is 246 g/mol. The van der Waals surface area contributed by atoms with Crippen LogP contribution in [0.4, 0.5) is 0 Å². The van der Waals surface area contributed by atoms with Crippen LogP contribution in [-0.2, 0) is 6.42 Å². The average Bonchev–Trinajstić information content (AvgIpc) is 2.44. The molecule has 1 aromatic rings. The van der Waals surface area contributed by atoms with Crippen molar-refractivity contribution in [2.45, 2.75) is 65.2 Å². The van der Waals surface area contributed by atoms with Crippen molar-refractivity contribution in [3.05, 3.63) is 29.3 Å². The summed E-state index contributed by atoms with van der Waals surface area (Å²) in [5.41, 5.74) is 8.18. The van der Waals surface area contributed by atoms with Gasteiger partial charge < -0.3 is 10.5 Å². The van der Waals surface area contributed by atoms with E-state index in [0.29, 0.717) is 6.54 Å². The Morgan fingerprint density at radius 2 is 1.70 bits per heavy atom. The van der Waals surface area contributed by atoms with Crippen molar-refractivity contribution >= 4 is 0 Å². The lowest BCUT2D eigenvalue weighted by molar-refractivity contribution is 0.301. The molecule has 0 aliphatic heterocycles. The van der Waals surface area contributed by atoms with Crippen LogP contribution >= 0.6 is 0 Å². The summed E-state index contributed by atoms with van der Waals surface area (Å²) in [7, 11) is 0. The second-order valence-electron chi connectivity index (χ2n) is 5.62. The van der Waals surface area contributed by atoms with Gasteiger partial charge in [0.25, 0.3) is 0 Å². The van der Waals surface area contributed by atoms with E-state index in [-0.39, 0.29) is 0 Å². The summed E-state index contributed by atoms with van der Waals surface area (Å²) in [6, 6.07) is 6.38. The van der Waals surface area contributed by atoms with E-state index in [1.807, 2.05) is 0 Å². The van der Waals surface area contributed by atoms with Gasteiger partial charge in [0.1, 0.15) is 5.75 Å². The van der Waals surface area contributed by atoms with Crippen LogP contribution in [0.1, 0.15) is 63.0 Å². The van der Waals surface area contributed by atoms with Gasteiger partial charge in [0.2, 0.25) is 0 Å². The maximum Gasteiger partial charge on any atom is 0.122 e. The summed E-state index contributed by atoms with van der Waals surface area (Å²) >= 11 is 0. The molecule has 114 valence electrons. The average molecular weight is 277 g/mol. The number of nitrogens with two attached hydrogens (primary N) is 1. The topological polar surface area (TPSA) is 35.2 Å². The molecule has 0 heterocycles. The van der Waals surface area contributed by atoms with Gasteiger partial charge in [0.05, 0.1) is 6.61 Å². The van der Waals surface area contributed by atoms with Crippen molar-refractivity contribution in [3.63, 3.8) is 0 Å². The quantitative estimate of drug-likeness (QED) is 0.599. The molecule has 0 aromatic heterocycles. The Hall–Kier alpha value is -1.02. The van der Waals surface area contributed by atoms with E-state index >= 15 is 0 Å². The molecule has 0 amide bonds. The van der Waals surface area contributed by atoms with Crippen LogP contribution in [0.25, 0.3) is 0 Å². The molecule has 0 bridgehead atoms. The predicted octanol–water partition coefficient (Wildman–Crippen LogP) is 4.63. The fraction of sp³-hybridized carbons (Fsp3) is 0.667. The third-order valence-electron chi connectivity index (χ3n) is 3.64. The molecule has 0 saturated carbocycles. The van der Waals surface area contributed by atoms with E-state index < -0.39 is 0 Å². The number of rotatable bonds is 11. The highest BCUT2D eigenvalue weighted by atomic mass is 16.5. The van der Waals surface area contributed by atoms with E-state index in [1.165, 1.54) is 49.7 Å². The maximum atomic E-state index is 5.92. The molecule has 0 unspecified atom stereocenters. The zero-order valence-corrected chi connectivity index (χ0v) is 13.3. The van der Waals surface area contributed by atoms with Gasteiger partial charge in [-0.25, -0.2) is 0 Å². The minimum Gasteiger partial charge on any atom is -0.493 e. The predicted molar refractivity (Wildman–Crippen MR) is 87.4 cm³/mol. The fourth-order valence-corrected chi connectivity index (χ4v) is 2.44. The Balaban J connectivity index is 2.21. The molecule has 0 atom stereocenters. The fourth-order valence-electron chi connectivity index (χ4n) is 2.44. The Kier molecular flexibility index (Phi) is 9.14. The number of hydrogen-bond donors (Lipinski definition) is 1. The van der Waals surface area contributed by atoms with Gasteiger partial charge in [0, 0.05) is 0 Å². The highest BCUT2D eigenvalue weighted by Gasteiger charge is 2.03. The number of unbranched alkanes of at least 4 members (excludes halogenated alkanes) is 6. The van der Waals surface area contributed by atoms with Gasteiger partial charge in [-0.1, -0.05) is 63.1 Å². The van der Waals surface area contributed by atoms with Crippen LogP contribution in [0.3, 0.4) is 0 Å². The van der Waals surface area contributed by atoms with Gasteiger partial charge in [-0.2, -0.15) is 0 Å². The van der Waals surface area contributed by atoms with Gasteiger partial charge in [-0.3, -0.25) is 0 Å². The summed E-state index contributed by atoms with van der Waals surface area (Å²) < 4.78 is 5.92. The van der Waals surface area contributed by atoms with Crippen LogP contribution in [0, 0.1) is 6.92 Å². The smallest absolute Gasteiger partial charge is 0.122 e. The van der Waals surface area contributed by atoms with E-state index in [1.54, 1.807) is 0 Å². The summed E-state index contributed by atoms with van der Waals surface area (Å²) in [5.74, 6) is 1.02. The minimum atomic E-state index is 0.678. The zero-order valence-electron chi connectivity index (χ0n) is 13.3. The summed E-state index contributed by atoms with van der Waals surface area (Å²) in [5, 5.41) is 0. The molecule has 2 heteroatoms. The van der Waals surface area contributed by atoms with Crippen LogP contribution in [0.2, 0.25) is 0 Å². The maximum absolute atomic E-state index is 5.92. The number of aryl methyl sites for hydroxylation is 1. The first-order valence-corrected chi connectivity index (χ1v) is 8.20. The SMILES string of the molecule is CCCCCCCCCOc1ccc(C)cc1CCN. The van der Waals surface area contributed by atoms with Crippen molar-refractivity contribution in [2.75, 3.05) is 13.2 Å². The second kappa shape index (κ2) is 10.7. The lowest BCUT2D eigenvalue weighted by Crippen LogP contribution is -2.06. The first-order chi connectivity index (χ1) is 9.77.